The number of aliphatic carboxylic acids is 1. The van der Waals surface area contributed by atoms with E-state index in [4.69, 9.17) is 10.1 Å². The van der Waals surface area contributed by atoms with E-state index < -0.39 is 37.4 Å². The molecule has 0 saturated carbocycles. The zero-order valence-electron chi connectivity index (χ0n) is 26.8. The zero-order chi connectivity index (χ0) is 34.3. The minimum Gasteiger partial charge on any atom is -0.481 e. The first-order valence-corrected chi connectivity index (χ1v) is 18.2. The van der Waals surface area contributed by atoms with Crippen molar-refractivity contribution in [2.24, 2.45) is 10.4 Å². The van der Waals surface area contributed by atoms with Gasteiger partial charge < -0.3 is 10.0 Å². The molecule has 2 heterocycles. The van der Waals surface area contributed by atoms with Crippen molar-refractivity contribution in [1.29, 1.82) is 0 Å². The summed E-state index contributed by atoms with van der Waals surface area (Å²) < 4.78 is 66.3. The number of carboxylic acid groups (broad SMARTS) is 1. The van der Waals surface area contributed by atoms with Crippen LogP contribution in [0.4, 0.5) is 5.69 Å². The monoisotopic (exact) mass is 672 g/mol. The van der Waals surface area contributed by atoms with E-state index in [1.165, 1.54) is 12.1 Å². The van der Waals surface area contributed by atoms with E-state index in [0.717, 1.165) is 22.7 Å². The highest BCUT2D eigenvalue weighted by Crippen LogP contribution is 2.51. The molecule has 2 aliphatic heterocycles. The summed E-state index contributed by atoms with van der Waals surface area (Å²) in [5, 5.41) is 9.04. The van der Waals surface area contributed by atoms with Crippen LogP contribution in [-0.4, -0.2) is 55.0 Å². The van der Waals surface area contributed by atoms with Crippen LogP contribution >= 0.6 is 0 Å². The van der Waals surface area contributed by atoms with Gasteiger partial charge in [0.15, 0.2) is 0 Å². The van der Waals surface area contributed by atoms with Crippen molar-refractivity contribution in [3.8, 4) is 0 Å². The maximum absolute atomic E-state index is 12.1. The molecule has 1 atom stereocenters. The maximum atomic E-state index is 12.1. The van der Waals surface area contributed by atoms with E-state index in [9.17, 15) is 30.7 Å². The van der Waals surface area contributed by atoms with Crippen molar-refractivity contribution in [2.45, 2.75) is 76.5 Å². The fourth-order valence-electron chi connectivity index (χ4n) is 6.10. The average molecular weight is 673 g/mol. The second kappa shape index (κ2) is 14.9. The predicted octanol–water partition coefficient (Wildman–Crippen LogP) is 6.82. The Kier molecular flexibility index (Phi) is 11.9. The van der Waals surface area contributed by atoms with Gasteiger partial charge >= 0.3 is 5.97 Å². The Morgan fingerprint density at radius 3 is 2.33 bits per heavy atom. The van der Waals surface area contributed by atoms with E-state index >= 15 is 0 Å². The van der Waals surface area contributed by atoms with Crippen LogP contribution in [0, 0.1) is 5.41 Å². The molecule has 1 aromatic carbocycles. The summed E-state index contributed by atoms with van der Waals surface area (Å²) in [7, 11) is -8.70. The number of carboxylic acids is 1. The fourth-order valence-corrected chi connectivity index (χ4v) is 7.10. The number of carbonyl (C=O) groups is 1. The molecule has 46 heavy (non-hydrogen) atoms. The zero-order valence-corrected chi connectivity index (χ0v) is 28.4. The summed E-state index contributed by atoms with van der Waals surface area (Å²) in [6, 6.07) is 4.33. The second-order valence-electron chi connectivity index (χ2n) is 12.2. The van der Waals surface area contributed by atoms with Gasteiger partial charge in [-0.15, -0.1) is 0 Å². The molecule has 3 rings (SSSR count). The van der Waals surface area contributed by atoms with Gasteiger partial charge in [0.25, 0.3) is 20.2 Å². The number of hydrogen-bond donors (Lipinski definition) is 3. The molecule has 0 spiro atoms. The number of benzene rings is 1. The fraction of sp³-hybridized carbons (Fsp3) is 0.412. The molecule has 0 amide bonds. The summed E-state index contributed by atoms with van der Waals surface area (Å²) >= 11 is 0. The normalized spacial score (nSPS) is 20.9. The molecule has 1 unspecified atom stereocenters. The Morgan fingerprint density at radius 1 is 0.978 bits per heavy atom. The van der Waals surface area contributed by atoms with Gasteiger partial charge in [-0.05, 0) is 74.6 Å². The van der Waals surface area contributed by atoms with Crippen LogP contribution in [0.25, 0.3) is 0 Å². The van der Waals surface area contributed by atoms with E-state index in [2.05, 4.69) is 20.4 Å². The lowest BCUT2D eigenvalue weighted by molar-refractivity contribution is -0.137. The van der Waals surface area contributed by atoms with Crippen molar-refractivity contribution in [1.82, 2.24) is 0 Å². The number of fused-ring (bicyclic) bond motifs is 1. The molecule has 0 saturated heterocycles. The lowest BCUT2D eigenvalue weighted by Gasteiger charge is -2.30. The standard InChI is InChI=1S/C34H44N2O8S2/c1-6-7-15-27-25(2)35-30(33(27,3)4)16-10-8-11-17-31-34(5,21-13-9-12-18-32(37)38)28-24-26(46(42,43)44)19-20-29(28)36(31)22-14-23-45(39,40)41/h6-8,10-11,15-17,19-20,24H,1,9,12-14,18,21-23H2,2-5H3,(H,37,38)(H,39,40,41)(H,42,43,44)/b11-8+,15-7-,16-10+,31-17-. The number of hydrogen-bond acceptors (Lipinski definition) is 7. The van der Waals surface area contributed by atoms with Crippen LogP contribution in [0.1, 0.15) is 71.8 Å². The predicted molar refractivity (Wildman–Crippen MR) is 182 cm³/mol. The molecular weight excluding hydrogens is 629 g/mol. The maximum Gasteiger partial charge on any atom is 0.303 e. The SMILES string of the molecule is C=C/C=C\C1=C(C)N=C(/C=C/C=C/C=C2\N(CCCS(=O)(=O)O)c3ccc(S(=O)(=O)O)cc3C2(C)CCCCCC(=O)O)C1(C)C. The van der Waals surface area contributed by atoms with Gasteiger partial charge in [-0.2, -0.15) is 16.8 Å². The third-order valence-corrected chi connectivity index (χ3v) is 10.1. The van der Waals surface area contributed by atoms with Crippen molar-refractivity contribution < 1.29 is 35.8 Å². The number of aliphatic imine (C=N–C) groups is 1. The first kappa shape index (κ1) is 36.9. The lowest BCUT2D eigenvalue weighted by atomic mass is 9.77. The molecule has 10 nitrogen and oxygen atoms in total. The molecule has 12 heteroatoms. The summed E-state index contributed by atoms with van der Waals surface area (Å²) in [4.78, 5) is 17.4. The minimum absolute atomic E-state index is 0.0446. The lowest BCUT2D eigenvalue weighted by Crippen LogP contribution is -2.30. The van der Waals surface area contributed by atoms with Crippen LogP contribution in [0.2, 0.25) is 0 Å². The molecule has 0 aromatic heterocycles. The summed E-state index contributed by atoms with van der Waals surface area (Å²) in [6.45, 7) is 12.1. The number of anilines is 1. The smallest absolute Gasteiger partial charge is 0.303 e. The Balaban J connectivity index is 2.00. The Morgan fingerprint density at radius 2 is 1.70 bits per heavy atom. The highest BCUT2D eigenvalue weighted by atomic mass is 32.2. The average Bonchev–Trinajstić information content (AvgIpc) is 3.30. The van der Waals surface area contributed by atoms with Crippen LogP contribution in [0.5, 0.6) is 0 Å². The van der Waals surface area contributed by atoms with Crippen LogP contribution in [0.3, 0.4) is 0 Å². The van der Waals surface area contributed by atoms with E-state index in [1.807, 2.05) is 61.3 Å². The number of rotatable bonds is 16. The van der Waals surface area contributed by atoms with Gasteiger partial charge in [0.05, 0.1) is 16.4 Å². The van der Waals surface area contributed by atoms with Crippen LogP contribution in [-0.2, 0) is 30.4 Å². The molecule has 2 aliphatic rings. The quantitative estimate of drug-likeness (QED) is 0.0972. The summed E-state index contributed by atoms with van der Waals surface area (Å²) in [5.41, 5.74) is 3.97. The molecule has 3 N–H and O–H groups in total. The summed E-state index contributed by atoms with van der Waals surface area (Å²) in [5.74, 6) is -1.32. The van der Waals surface area contributed by atoms with E-state index in [0.29, 0.717) is 36.9 Å². The Bertz CT molecular complexity index is 1750. The first-order valence-electron chi connectivity index (χ1n) is 15.1. The van der Waals surface area contributed by atoms with Gasteiger partial charge in [-0.3, -0.25) is 18.9 Å². The minimum atomic E-state index is -4.50. The largest absolute Gasteiger partial charge is 0.481 e. The topological polar surface area (TPSA) is 162 Å². The third-order valence-electron chi connectivity index (χ3n) is 8.48. The van der Waals surface area contributed by atoms with Gasteiger partial charge in [-0.25, -0.2) is 0 Å². The van der Waals surface area contributed by atoms with Crippen LogP contribution < -0.4 is 4.90 Å². The van der Waals surface area contributed by atoms with Gasteiger partial charge in [0.2, 0.25) is 0 Å². The van der Waals surface area contributed by atoms with E-state index in [1.54, 1.807) is 12.1 Å². The van der Waals surface area contributed by atoms with Gasteiger partial charge in [0, 0.05) is 40.9 Å². The van der Waals surface area contributed by atoms with Crippen molar-refractivity contribution >= 4 is 37.6 Å². The molecule has 0 radical (unpaired) electrons. The molecule has 0 aliphatic carbocycles. The molecule has 0 bridgehead atoms. The van der Waals surface area contributed by atoms with E-state index in [-0.39, 0.29) is 29.7 Å². The second-order valence-corrected chi connectivity index (χ2v) is 15.2. The van der Waals surface area contributed by atoms with Gasteiger partial charge in [-0.1, -0.05) is 69.7 Å². The van der Waals surface area contributed by atoms with Crippen molar-refractivity contribution in [2.75, 3.05) is 17.2 Å². The van der Waals surface area contributed by atoms with Gasteiger partial charge in [0.1, 0.15) is 0 Å². The highest BCUT2D eigenvalue weighted by molar-refractivity contribution is 7.86. The third kappa shape index (κ3) is 9.03. The van der Waals surface area contributed by atoms with Crippen molar-refractivity contribution in [3.63, 3.8) is 0 Å². The first-order chi connectivity index (χ1) is 21.4. The Labute approximate surface area is 272 Å². The molecule has 0 fully saturated rings. The number of nitrogens with zero attached hydrogens (tertiary/aromatic N) is 2. The molecular formula is C34H44N2O8S2. The number of allylic oxidation sites excluding steroid dienone is 11. The van der Waals surface area contributed by atoms with Crippen molar-refractivity contribution in [3.05, 3.63) is 95.9 Å². The highest BCUT2D eigenvalue weighted by Gasteiger charge is 2.43. The molecule has 1 aromatic rings. The van der Waals surface area contributed by atoms with Crippen LogP contribution in [0.15, 0.2) is 100 Å². The number of unbranched alkanes of at least 4 members (excludes halogenated alkanes) is 2. The molecule has 250 valence electrons. The summed E-state index contributed by atoms with van der Waals surface area (Å²) in [6.07, 6.45) is 17.5. The Hall–Kier alpha value is -3.58.